The smallest absolute Gasteiger partial charge is 0.00675 e. The van der Waals surface area contributed by atoms with E-state index in [-0.39, 0.29) is 17.6 Å². The average molecular weight is 714 g/mol. The molecule has 0 aliphatic carbocycles. The molecule has 178 valence electrons. The molecular formula is C30H24AuCl2P2+. The maximum atomic E-state index is 4.86. The molecule has 0 spiro atoms. The number of rotatable bonds is 6. The summed E-state index contributed by atoms with van der Waals surface area (Å²) < 4.78 is 0. The van der Waals surface area contributed by atoms with Gasteiger partial charge in [-0.1, -0.05) is 146 Å². The Morgan fingerprint density at radius 1 is 0.343 bits per heavy atom. The number of halogens is 2. The fourth-order valence-corrected chi connectivity index (χ4v) is 9.27. The second-order valence-corrected chi connectivity index (χ2v) is 15.0. The zero-order valence-corrected chi connectivity index (χ0v) is 24.3. The van der Waals surface area contributed by atoms with E-state index in [2.05, 4.69) is 146 Å². The molecule has 0 atom stereocenters. The molecule has 0 unspecified atom stereocenters. The van der Waals surface area contributed by atoms with Crippen LogP contribution in [0.25, 0.3) is 0 Å². The van der Waals surface area contributed by atoms with Crippen LogP contribution in [0.3, 0.4) is 0 Å². The van der Waals surface area contributed by atoms with Crippen LogP contribution in [0.2, 0.25) is 0 Å². The van der Waals surface area contributed by atoms with Gasteiger partial charge in [0.05, 0.1) is 0 Å². The van der Waals surface area contributed by atoms with E-state index in [1.165, 1.54) is 31.8 Å². The van der Waals surface area contributed by atoms with Gasteiger partial charge in [0, 0.05) is 0 Å². The Hall–Kier alpha value is -1.72. The van der Waals surface area contributed by atoms with Crippen LogP contribution < -0.4 is 31.8 Å². The monoisotopic (exact) mass is 713 g/mol. The largest absolute Gasteiger partial charge is 0.0622 e. The van der Waals surface area contributed by atoms with Crippen LogP contribution in [0.1, 0.15) is 0 Å². The molecule has 0 radical (unpaired) electrons. The minimum atomic E-state index is -0.664. The second kappa shape index (κ2) is 14.1. The van der Waals surface area contributed by atoms with Crippen LogP contribution in [0.5, 0.6) is 0 Å². The van der Waals surface area contributed by atoms with Crippen LogP contribution in [-0.2, 0) is 17.6 Å². The number of hydrogen-bond acceptors (Lipinski definition) is 0. The van der Waals surface area contributed by atoms with Crippen molar-refractivity contribution in [2.75, 3.05) is 0 Å². The molecular weight excluding hydrogens is 690 g/mol. The summed E-state index contributed by atoms with van der Waals surface area (Å²) in [5.41, 5.74) is 0. The van der Waals surface area contributed by atoms with Gasteiger partial charge < -0.3 is 0 Å². The Kier molecular flexibility index (Phi) is 10.6. The summed E-state index contributed by atoms with van der Waals surface area (Å²) in [4.78, 5) is 0. The van der Waals surface area contributed by atoms with Crippen LogP contribution in [0, 0.1) is 0 Å². The van der Waals surface area contributed by atoms with Gasteiger partial charge in [0.1, 0.15) is 0 Å². The van der Waals surface area contributed by atoms with Crippen molar-refractivity contribution in [2.24, 2.45) is 0 Å². The van der Waals surface area contributed by atoms with Crippen molar-refractivity contribution >= 4 is 66.0 Å². The van der Waals surface area contributed by atoms with Crippen LogP contribution in [0.15, 0.2) is 146 Å². The van der Waals surface area contributed by atoms with Gasteiger partial charge in [-0.3, -0.25) is 0 Å². The summed E-state index contributed by atoms with van der Waals surface area (Å²) in [5, 5.41) is 8.43. The SMILES string of the molecule is [Cl][Au+][Cl].c1ccc(P(c2ccccc2)c2ccccc2P(c2ccccc2)c2ccccc2)cc1. The van der Waals surface area contributed by atoms with E-state index in [0.29, 0.717) is 0 Å². The van der Waals surface area contributed by atoms with Gasteiger partial charge in [-0.05, 0) is 47.7 Å². The van der Waals surface area contributed by atoms with E-state index in [1.54, 1.807) is 0 Å². The van der Waals surface area contributed by atoms with Crippen LogP contribution in [0.4, 0.5) is 0 Å². The molecule has 0 fully saturated rings. The molecule has 35 heavy (non-hydrogen) atoms. The maximum Gasteiger partial charge on any atom is -0.00675 e. The molecule has 0 saturated carbocycles. The molecule has 0 heterocycles. The average Bonchev–Trinajstić information content (AvgIpc) is 2.93. The van der Waals surface area contributed by atoms with E-state index in [9.17, 15) is 0 Å². The second-order valence-electron chi connectivity index (χ2n) is 7.54. The summed E-state index contributed by atoms with van der Waals surface area (Å²) >= 11 is -0.389. The zero-order valence-electron chi connectivity index (χ0n) is 18.8. The Morgan fingerprint density at radius 3 is 0.771 bits per heavy atom. The van der Waals surface area contributed by atoms with E-state index < -0.39 is 15.8 Å². The molecule has 0 aliphatic rings. The van der Waals surface area contributed by atoms with Crippen molar-refractivity contribution < 1.29 is 17.6 Å². The molecule has 0 aliphatic heterocycles. The topological polar surface area (TPSA) is 0 Å². The fourth-order valence-electron chi connectivity index (χ4n) is 4.01. The summed E-state index contributed by atoms with van der Waals surface area (Å²) in [5.74, 6) is 0. The molecule has 5 heteroatoms. The third-order valence-electron chi connectivity index (χ3n) is 5.42. The van der Waals surface area contributed by atoms with Gasteiger partial charge in [0.25, 0.3) is 0 Å². The minimum absolute atomic E-state index is 0.389. The molecule has 5 aromatic carbocycles. The normalized spacial score (nSPS) is 10.7. The quantitative estimate of drug-likeness (QED) is 0.138. The third kappa shape index (κ3) is 6.95. The van der Waals surface area contributed by atoms with Crippen molar-refractivity contribution in [1.82, 2.24) is 0 Å². The van der Waals surface area contributed by atoms with Gasteiger partial charge in [-0.15, -0.1) is 0 Å². The Bertz CT molecular complexity index is 1110. The Morgan fingerprint density at radius 2 is 0.543 bits per heavy atom. The molecule has 0 N–H and O–H groups in total. The molecule has 0 aromatic heterocycles. The van der Waals surface area contributed by atoms with Gasteiger partial charge >= 0.3 is 36.0 Å². The van der Waals surface area contributed by atoms with Gasteiger partial charge in [-0.25, -0.2) is 0 Å². The predicted molar refractivity (Wildman–Crippen MR) is 156 cm³/mol. The fraction of sp³-hybridized carbons (Fsp3) is 0. The summed E-state index contributed by atoms with van der Waals surface area (Å²) in [6.45, 7) is 0. The molecule has 0 bridgehead atoms. The maximum absolute atomic E-state index is 4.86. The van der Waals surface area contributed by atoms with E-state index in [1.807, 2.05) is 0 Å². The number of benzene rings is 5. The first-order chi connectivity index (χ1) is 17.3. The van der Waals surface area contributed by atoms with Crippen LogP contribution in [-0.4, -0.2) is 0 Å². The standard InChI is InChI=1S/C30H24P2.Au.2ClH/c1-5-15-25(16-6-1)31(26-17-7-2-8-18-26)29-23-13-14-24-30(29)32(27-19-9-3-10-20-27)28-21-11-4-12-22-28;;;/h1-24H;;2*1H/q;+3;;/p-2. The number of hydrogen-bond donors (Lipinski definition) is 0. The third-order valence-corrected chi connectivity index (χ3v) is 10.6. The van der Waals surface area contributed by atoms with E-state index >= 15 is 0 Å². The van der Waals surface area contributed by atoms with Crippen molar-refractivity contribution in [2.45, 2.75) is 0 Å². The van der Waals surface area contributed by atoms with Crippen molar-refractivity contribution in [1.29, 1.82) is 0 Å². The first-order valence-electron chi connectivity index (χ1n) is 11.0. The predicted octanol–water partition coefficient (Wildman–Crippen LogP) is 6.58. The zero-order chi connectivity index (χ0) is 24.3. The first-order valence-corrected chi connectivity index (χ1v) is 19.1. The Labute approximate surface area is 227 Å². The van der Waals surface area contributed by atoms with Gasteiger partial charge in [0.15, 0.2) is 0 Å². The molecule has 0 amide bonds. The van der Waals surface area contributed by atoms with Gasteiger partial charge in [-0.2, -0.15) is 0 Å². The van der Waals surface area contributed by atoms with Crippen molar-refractivity contribution in [3.63, 3.8) is 0 Å². The molecule has 0 nitrogen and oxygen atoms in total. The van der Waals surface area contributed by atoms with E-state index in [0.717, 1.165) is 0 Å². The molecule has 5 rings (SSSR count). The van der Waals surface area contributed by atoms with Crippen LogP contribution >= 0.6 is 34.2 Å². The van der Waals surface area contributed by atoms with Crippen molar-refractivity contribution in [3.8, 4) is 0 Å². The first kappa shape index (κ1) is 26.3. The summed E-state index contributed by atoms with van der Waals surface area (Å²) in [6, 6.07) is 53.0. The summed E-state index contributed by atoms with van der Waals surface area (Å²) in [6.07, 6.45) is 0. The van der Waals surface area contributed by atoms with Gasteiger partial charge in [0.2, 0.25) is 0 Å². The molecule has 5 aromatic rings. The van der Waals surface area contributed by atoms with E-state index in [4.69, 9.17) is 18.4 Å². The summed E-state index contributed by atoms with van der Waals surface area (Å²) in [7, 11) is 8.39. The molecule has 0 saturated heterocycles. The Balaban J connectivity index is 0.000000917. The van der Waals surface area contributed by atoms with Crippen molar-refractivity contribution in [3.05, 3.63) is 146 Å². The minimum Gasteiger partial charge on any atom is -0.0622 e.